The van der Waals surface area contributed by atoms with Crippen molar-refractivity contribution in [2.24, 2.45) is 0 Å². The van der Waals surface area contributed by atoms with Gasteiger partial charge in [-0.15, -0.1) is 0 Å². The lowest BCUT2D eigenvalue weighted by atomic mass is 10.1. The normalized spacial score (nSPS) is 24.6. The second kappa shape index (κ2) is 6.30. The van der Waals surface area contributed by atoms with Crippen LogP contribution in [0.25, 0.3) is 0 Å². The molecule has 17 heavy (non-hydrogen) atoms. The van der Waals surface area contributed by atoms with E-state index in [1.165, 1.54) is 6.42 Å². The summed E-state index contributed by atoms with van der Waals surface area (Å²) in [7, 11) is 0. The maximum absolute atomic E-state index is 9.87. The van der Waals surface area contributed by atoms with Crippen molar-refractivity contribution in [3.05, 3.63) is 0 Å². The highest BCUT2D eigenvalue weighted by Crippen LogP contribution is 2.11. The lowest BCUT2D eigenvalue weighted by molar-refractivity contribution is -0.242. The third kappa shape index (κ3) is 3.64. The van der Waals surface area contributed by atoms with Crippen LogP contribution in [0.15, 0.2) is 0 Å². The Hall–Kier alpha value is -0.690. The Kier molecular flexibility index (Phi) is 4.73. The molecular weight excluding hydrogens is 220 g/mol. The molecule has 2 fully saturated rings. The molecule has 6 heteroatoms. The minimum atomic E-state index is -1.12. The zero-order valence-electron chi connectivity index (χ0n) is 10.2. The van der Waals surface area contributed by atoms with Crippen LogP contribution in [-0.4, -0.2) is 66.5 Å². The fraction of sp³-hybridized carbons (Fsp3) is 0.909. The van der Waals surface area contributed by atoms with Gasteiger partial charge in [-0.05, 0) is 19.3 Å². The van der Waals surface area contributed by atoms with Gasteiger partial charge in [0, 0.05) is 39.3 Å². The molecule has 6 nitrogen and oxygen atoms in total. The molecule has 0 spiro atoms. The van der Waals surface area contributed by atoms with E-state index < -0.39 is 6.29 Å². The molecule has 0 aromatic carbocycles. The predicted molar refractivity (Wildman–Crippen MR) is 64.7 cm³/mol. The zero-order chi connectivity index (χ0) is 12.1. The maximum atomic E-state index is 9.87. The molecule has 3 N–H and O–H groups in total. The number of hydrogen-bond acceptors (Lipinski definition) is 5. The fourth-order valence-electron chi connectivity index (χ4n) is 2.23. The second-order valence-electron chi connectivity index (χ2n) is 4.57. The fourth-order valence-corrected chi connectivity index (χ4v) is 2.23. The van der Waals surface area contributed by atoms with Gasteiger partial charge in [0.25, 0.3) is 0 Å². The number of aliphatic hydroxyl groups is 1. The molecule has 1 atom stereocenters. The first-order valence-corrected chi connectivity index (χ1v) is 6.41. The third-order valence-corrected chi connectivity index (χ3v) is 3.26. The Morgan fingerprint density at radius 2 is 1.76 bits per heavy atom. The monoisotopic (exact) mass is 242 g/mol. The number of hydroxylamine groups is 2. The van der Waals surface area contributed by atoms with Crippen molar-refractivity contribution in [3.8, 4) is 0 Å². The van der Waals surface area contributed by atoms with Gasteiger partial charge in [-0.3, -0.25) is 10.2 Å². The first-order valence-electron chi connectivity index (χ1n) is 6.41. The van der Waals surface area contributed by atoms with Crippen LogP contribution in [-0.2, 0) is 4.84 Å². The van der Waals surface area contributed by atoms with Crippen molar-refractivity contribution in [1.82, 2.24) is 15.3 Å². The van der Waals surface area contributed by atoms with Crippen LogP contribution < -0.4 is 5.32 Å². The number of likely N-dealkylation sites (tertiary alicyclic amines) is 1. The first kappa shape index (κ1) is 12.8. The van der Waals surface area contributed by atoms with Crippen molar-refractivity contribution in [1.29, 1.82) is 5.41 Å². The van der Waals surface area contributed by atoms with Crippen LogP contribution in [0.5, 0.6) is 0 Å². The Labute approximate surface area is 102 Å². The molecule has 0 aliphatic carbocycles. The largest absolute Gasteiger partial charge is 0.361 e. The first-order chi connectivity index (χ1) is 8.27. The molecule has 2 heterocycles. The average molecular weight is 242 g/mol. The summed E-state index contributed by atoms with van der Waals surface area (Å²) in [4.78, 5) is 7.30. The van der Waals surface area contributed by atoms with Gasteiger partial charge < -0.3 is 15.3 Å². The van der Waals surface area contributed by atoms with E-state index in [9.17, 15) is 5.11 Å². The van der Waals surface area contributed by atoms with Crippen molar-refractivity contribution in [3.63, 3.8) is 0 Å². The van der Waals surface area contributed by atoms with E-state index in [-0.39, 0.29) is 5.84 Å². The van der Waals surface area contributed by atoms with Gasteiger partial charge in [0.1, 0.15) is 0 Å². The zero-order valence-corrected chi connectivity index (χ0v) is 10.2. The van der Waals surface area contributed by atoms with E-state index in [0.29, 0.717) is 0 Å². The lowest BCUT2D eigenvalue weighted by Crippen LogP contribution is -2.49. The highest BCUT2D eigenvalue weighted by Gasteiger charge is 2.23. The SMILES string of the molecule is N=C(C(O)ON1CCNCC1)N1CCCCC1. The molecule has 0 radical (unpaired) electrons. The van der Waals surface area contributed by atoms with Gasteiger partial charge in [0.05, 0.1) is 0 Å². The molecule has 2 saturated heterocycles. The number of amidine groups is 1. The van der Waals surface area contributed by atoms with Crippen molar-refractivity contribution >= 4 is 5.84 Å². The number of piperazine rings is 1. The number of rotatable bonds is 3. The number of aliphatic hydroxyl groups excluding tert-OH is 1. The number of hydrogen-bond donors (Lipinski definition) is 3. The topological polar surface area (TPSA) is 71.8 Å². The highest BCUT2D eigenvalue weighted by atomic mass is 16.8. The molecule has 0 amide bonds. The Morgan fingerprint density at radius 3 is 2.41 bits per heavy atom. The molecular formula is C11H22N4O2. The summed E-state index contributed by atoms with van der Waals surface area (Å²) in [5.41, 5.74) is 0. The minimum absolute atomic E-state index is 0.197. The van der Waals surface area contributed by atoms with E-state index in [4.69, 9.17) is 10.2 Å². The van der Waals surface area contributed by atoms with Crippen LogP contribution in [0.1, 0.15) is 19.3 Å². The predicted octanol–water partition coefficient (Wildman–Crippen LogP) is -0.395. The molecule has 2 aliphatic heterocycles. The summed E-state index contributed by atoms with van der Waals surface area (Å²) in [5, 5.41) is 22.7. The highest BCUT2D eigenvalue weighted by molar-refractivity contribution is 5.82. The van der Waals surface area contributed by atoms with E-state index in [2.05, 4.69) is 5.32 Å². The van der Waals surface area contributed by atoms with E-state index in [1.807, 2.05) is 4.90 Å². The van der Waals surface area contributed by atoms with E-state index in [0.717, 1.165) is 52.1 Å². The van der Waals surface area contributed by atoms with Gasteiger partial charge in [-0.2, -0.15) is 5.06 Å². The molecule has 1 unspecified atom stereocenters. The summed E-state index contributed by atoms with van der Waals surface area (Å²) in [6.07, 6.45) is 2.30. The summed E-state index contributed by atoms with van der Waals surface area (Å²) in [6, 6.07) is 0. The molecule has 0 aromatic heterocycles. The van der Waals surface area contributed by atoms with Crippen LogP contribution in [0, 0.1) is 5.41 Å². The van der Waals surface area contributed by atoms with Gasteiger partial charge in [0.15, 0.2) is 5.84 Å². The number of nitrogens with zero attached hydrogens (tertiary/aromatic N) is 2. The molecule has 0 aromatic rings. The Bertz CT molecular complexity index is 250. The third-order valence-electron chi connectivity index (χ3n) is 3.26. The quantitative estimate of drug-likeness (QED) is 0.357. The standard InChI is InChI=1S/C11H22N4O2/c12-10(14-6-2-1-3-7-14)11(16)17-15-8-4-13-5-9-15/h11-13,16H,1-9H2. The van der Waals surface area contributed by atoms with Crippen LogP contribution >= 0.6 is 0 Å². The van der Waals surface area contributed by atoms with Crippen LogP contribution in [0.3, 0.4) is 0 Å². The second-order valence-corrected chi connectivity index (χ2v) is 4.57. The summed E-state index contributed by atoms with van der Waals surface area (Å²) in [5.74, 6) is 0.197. The molecule has 2 rings (SSSR count). The summed E-state index contributed by atoms with van der Waals surface area (Å²) in [6.45, 7) is 4.96. The number of piperidine rings is 1. The number of nitrogens with one attached hydrogen (secondary N) is 2. The van der Waals surface area contributed by atoms with Gasteiger partial charge in [-0.1, -0.05) is 0 Å². The van der Waals surface area contributed by atoms with Crippen molar-refractivity contribution < 1.29 is 9.94 Å². The van der Waals surface area contributed by atoms with Crippen LogP contribution in [0.4, 0.5) is 0 Å². The van der Waals surface area contributed by atoms with E-state index in [1.54, 1.807) is 5.06 Å². The van der Waals surface area contributed by atoms with Gasteiger partial charge in [-0.25, -0.2) is 0 Å². The van der Waals surface area contributed by atoms with Gasteiger partial charge in [0.2, 0.25) is 6.29 Å². The maximum Gasteiger partial charge on any atom is 0.232 e. The van der Waals surface area contributed by atoms with Crippen LogP contribution in [0.2, 0.25) is 0 Å². The summed E-state index contributed by atoms with van der Waals surface area (Å²) >= 11 is 0. The molecule has 2 aliphatic rings. The van der Waals surface area contributed by atoms with Crippen molar-refractivity contribution in [2.75, 3.05) is 39.3 Å². The molecule has 0 bridgehead atoms. The van der Waals surface area contributed by atoms with E-state index >= 15 is 0 Å². The Morgan fingerprint density at radius 1 is 1.12 bits per heavy atom. The molecule has 0 saturated carbocycles. The minimum Gasteiger partial charge on any atom is -0.361 e. The summed E-state index contributed by atoms with van der Waals surface area (Å²) < 4.78 is 0. The Balaban J connectivity index is 1.77. The van der Waals surface area contributed by atoms with Gasteiger partial charge >= 0.3 is 0 Å². The average Bonchev–Trinajstić information content (AvgIpc) is 2.40. The molecule has 98 valence electrons. The smallest absolute Gasteiger partial charge is 0.232 e. The van der Waals surface area contributed by atoms with Crippen molar-refractivity contribution in [2.45, 2.75) is 25.6 Å². The lowest BCUT2D eigenvalue weighted by Gasteiger charge is -2.33.